The third-order valence-electron chi connectivity index (χ3n) is 7.69. The number of piperazine rings is 1. The van der Waals surface area contributed by atoms with Gasteiger partial charge in [-0.2, -0.15) is 13.2 Å². The normalized spacial score (nSPS) is 16.8. The number of alkyl halides is 2. The van der Waals surface area contributed by atoms with E-state index >= 15 is 0 Å². The molecule has 3 amide bonds. The Balaban J connectivity index is 1.21. The Hall–Kier alpha value is -4.17. The lowest BCUT2D eigenvalue weighted by Gasteiger charge is -2.35. The number of imidazole rings is 1. The number of ether oxygens (including phenoxy) is 1. The Labute approximate surface area is 254 Å². The van der Waals surface area contributed by atoms with Gasteiger partial charge in [0, 0.05) is 56.9 Å². The molecule has 3 aromatic rings. The van der Waals surface area contributed by atoms with Gasteiger partial charge in [-0.1, -0.05) is 11.6 Å². The first-order valence-electron chi connectivity index (χ1n) is 13.9. The molecule has 1 aromatic heterocycles. The molecule has 0 aliphatic carbocycles. The van der Waals surface area contributed by atoms with Gasteiger partial charge in [-0.15, -0.1) is 0 Å². The van der Waals surface area contributed by atoms with Gasteiger partial charge in [0.25, 0.3) is 11.8 Å². The van der Waals surface area contributed by atoms with Crippen LogP contribution in [-0.2, 0) is 11.8 Å². The summed E-state index contributed by atoms with van der Waals surface area (Å²) in [7, 11) is 1.39. The van der Waals surface area contributed by atoms with E-state index in [9.17, 15) is 31.9 Å². The number of hydrogen-bond acceptors (Lipinski definition) is 6. The zero-order valence-electron chi connectivity index (χ0n) is 23.6. The Bertz CT molecular complexity index is 1570. The van der Waals surface area contributed by atoms with Crippen molar-refractivity contribution in [3.8, 4) is 17.0 Å². The zero-order chi connectivity index (χ0) is 31.5. The molecule has 1 atom stereocenters. The summed E-state index contributed by atoms with van der Waals surface area (Å²) in [5, 5.41) is 6.02. The molecule has 2 aromatic carbocycles. The Morgan fingerprint density at radius 3 is 2.48 bits per heavy atom. The fourth-order valence-electron chi connectivity index (χ4n) is 5.34. The SMILES string of the molecule is Cn1c(-c2ccc(OC(F)F)c(F)c2F)cnc1C(=O)Nc1ccc(C(=O)N2CCN(C(=O)C[C@@H]3CCCN3)CC2)c(Cl)c1. The highest BCUT2D eigenvalue weighted by atomic mass is 35.5. The summed E-state index contributed by atoms with van der Waals surface area (Å²) >= 11 is 6.41. The second-order valence-electron chi connectivity index (χ2n) is 10.5. The summed E-state index contributed by atoms with van der Waals surface area (Å²) in [5.74, 6) is -5.11. The lowest BCUT2D eigenvalue weighted by molar-refractivity contribution is -0.133. The molecule has 0 saturated carbocycles. The van der Waals surface area contributed by atoms with Gasteiger partial charge in [0.05, 0.1) is 22.5 Å². The quantitative estimate of drug-likeness (QED) is 0.357. The van der Waals surface area contributed by atoms with E-state index in [0.717, 1.165) is 37.7 Å². The van der Waals surface area contributed by atoms with E-state index in [0.29, 0.717) is 32.6 Å². The minimum atomic E-state index is -3.33. The largest absolute Gasteiger partial charge is 0.432 e. The molecular weight excluding hydrogens is 608 g/mol. The van der Waals surface area contributed by atoms with Crippen molar-refractivity contribution in [2.45, 2.75) is 31.9 Å². The summed E-state index contributed by atoms with van der Waals surface area (Å²) < 4.78 is 59.0. The lowest BCUT2D eigenvalue weighted by atomic mass is 10.1. The van der Waals surface area contributed by atoms with Gasteiger partial charge in [0.1, 0.15) is 0 Å². The van der Waals surface area contributed by atoms with Crippen LogP contribution in [-0.4, -0.2) is 82.4 Å². The molecule has 10 nitrogen and oxygen atoms in total. The Kier molecular flexibility index (Phi) is 9.39. The molecule has 2 fully saturated rings. The Morgan fingerprint density at radius 1 is 1.09 bits per heavy atom. The summed E-state index contributed by atoms with van der Waals surface area (Å²) in [6, 6.07) is 6.48. The smallest absolute Gasteiger partial charge is 0.387 e. The van der Waals surface area contributed by atoms with Gasteiger partial charge in [0.15, 0.2) is 17.4 Å². The number of nitrogens with zero attached hydrogens (tertiary/aromatic N) is 4. The van der Waals surface area contributed by atoms with Gasteiger partial charge >= 0.3 is 6.61 Å². The van der Waals surface area contributed by atoms with Crippen LogP contribution in [0, 0.1) is 11.6 Å². The Morgan fingerprint density at radius 2 is 1.82 bits per heavy atom. The number of hydrogen-bond donors (Lipinski definition) is 2. The van der Waals surface area contributed by atoms with Crippen LogP contribution in [0.15, 0.2) is 36.5 Å². The average Bonchev–Trinajstić information content (AvgIpc) is 3.65. The molecule has 0 spiro atoms. The second kappa shape index (κ2) is 13.2. The number of rotatable bonds is 8. The standard InChI is InChI=1S/C29H29ClF4N6O4/c1-38-21(19-6-7-22(44-29(33)34)25(32)24(19)31)15-36-26(38)27(42)37-17-4-5-18(20(30)13-17)28(43)40-11-9-39(10-12-40)23(41)14-16-3-2-8-35-16/h4-7,13,15-16,29,35H,2-3,8-12,14H2,1H3,(H,37,42)/t16-/m0/s1. The molecule has 0 bridgehead atoms. The minimum Gasteiger partial charge on any atom is -0.432 e. The van der Waals surface area contributed by atoms with Crippen molar-refractivity contribution < 1.29 is 36.7 Å². The van der Waals surface area contributed by atoms with Crippen LogP contribution >= 0.6 is 11.6 Å². The van der Waals surface area contributed by atoms with Gasteiger partial charge < -0.3 is 29.7 Å². The number of carbonyl (C=O) groups excluding carboxylic acids is 3. The van der Waals surface area contributed by atoms with Crippen LogP contribution in [0.2, 0.25) is 5.02 Å². The van der Waals surface area contributed by atoms with E-state index < -0.39 is 29.9 Å². The lowest BCUT2D eigenvalue weighted by Crippen LogP contribution is -2.51. The molecule has 0 unspecified atom stereocenters. The first kappa shape index (κ1) is 31.3. The van der Waals surface area contributed by atoms with Crippen molar-refractivity contribution in [2.75, 3.05) is 38.0 Å². The maximum atomic E-state index is 14.6. The van der Waals surface area contributed by atoms with Crippen molar-refractivity contribution in [3.63, 3.8) is 0 Å². The maximum Gasteiger partial charge on any atom is 0.387 e. The van der Waals surface area contributed by atoms with Gasteiger partial charge in [-0.25, -0.2) is 9.37 Å². The average molecular weight is 637 g/mol. The van der Waals surface area contributed by atoms with Gasteiger partial charge in [-0.05, 0) is 49.7 Å². The molecule has 2 N–H and O–H groups in total. The molecule has 44 heavy (non-hydrogen) atoms. The van der Waals surface area contributed by atoms with Crippen molar-refractivity contribution in [2.24, 2.45) is 7.05 Å². The number of nitrogens with one attached hydrogen (secondary N) is 2. The summed E-state index contributed by atoms with van der Waals surface area (Å²) in [6.45, 7) is -0.815. The van der Waals surface area contributed by atoms with Gasteiger partial charge in [0.2, 0.25) is 11.7 Å². The van der Waals surface area contributed by atoms with Crippen LogP contribution in [0.5, 0.6) is 5.75 Å². The second-order valence-corrected chi connectivity index (χ2v) is 10.9. The minimum absolute atomic E-state index is 0.00567. The highest BCUT2D eigenvalue weighted by molar-refractivity contribution is 6.34. The number of benzene rings is 2. The number of amides is 3. The van der Waals surface area contributed by atoms with E-state index in [1.807, 2.05) is 0 Å². The first-order chi connectivity index (χ1) is 21.0. The molecule has 0 radical (unpaired) electrons. The van der Waals surface area contributed by atoms with Crippen LogP contribution in [0.25, 0.3) is 11.3 Å². The predicted molar refractivity (Wildman–Crippen MR) is 153 cm³/mol. The number of halogens is 5. The van der Waals surface area contributed by atoms with Crippen LogP contribution in [0.3, 0.4) is 0 Å². The third-order valence-corrected chi connectivity index (χ3v) is 8.00. The van der Waals surface area contributed by atoms with E-state index in [1.54, 1.807) is 9.80 Å². The monoisotopic (exact) mass is 636 g/mol. The number of aromatic nitrogens is 2. The fourth-order valence-corrected chi connectivity index (χ4v) is 5.60. The summed E-state index contributed by atoms with van der Waals surface area (Å²) in [5.41, 5.74) is 0.171. The summed E-state index contributed by atoms with van der Waals surface area (Å²) in [6.07, 6.45) is 3.64. The number of carbonyl (C=O) groups is 3. The van der Waals surface area contributed by atoms with E-state index in [2.05, 4.69) is 20.4 Å². The van der Waals surface area contributed by atoms with E-state index in [1.165, 1.54) is 29.8 Å². The molecule has 2 aliphatic heterocycles. The van der Waals surface area contributed by atoms with Crippen LogP contribution < -0.4 is 15.4 Å². The topological polar surface area (TPSA) is 109 Å². The molecule has 3 heterocycles. The van der Waals surface area contributed by atoms with E-state index in [4.69, 9.17) is 11.6 Å². The zero-order valence-corrected chi connectivity index (χ0v) is 24.3. The maximum absolute atomic E-state index is 14.6. The highest BCUT2D eigenvalue weighted by Gasteiger charge is 2.28. The third kappa shape index (κ3) is 6.65. The van der Waals surface area contributed by atoms with Crippen molar-refractivity contribution >= 4 is 35.0 Å². The number of anilines is 1. The first-order valence-corrected chi connectivity index (χ1v) is 14.3. The molecule has 2 aliphatic rings. The van der Waals surface area contributed by atoms with Crippen molar-refractivity contribution in [3.05, 3.63) is 64.6 Å². The van der Waals surface area contributed by atoms with Crippen LogP contribution in [0.4, 0.5) is 23.2 Å². The van der Waals surface area contributed by atoms with Crippen molar-refractivity contribution in [1.29, 1.82) is 0 Å². The van der Waals surface area contributed by atoms with Crippen molar-refractivity contribution in [1.82, 2.24) is 24.7 Å². The molecule has 15 heteroatoms. The molecule has 2 saturated heterocycles. The highest BCUT2D eigenvalue weighted by Crippen LogP contribution is 2.31. The predicted octanol–water partition coefficient (Wildman–Crippen LogP) is 4.30. The summed E-state index contributed by atoms with van der Waals surface area (Å²) in [4.78, 5) is 46.1. The van der Waals surface area contributed by atoms with E-state index in [-0.39, 0.29) is 51.2 Å². The molecule has 234 valence electrons. The molecular formula is C29H29ClF4N6O4. The fraction of sp³-hybridized carbons (Fsp3) is 0.379. The van der Waals surface area contributed by atoms with Gasteiger partial charge in [-0.3, -0.25) is 14.4 Å². The molecule has 5 rings (SSSR count). The van der Waals surface area contributed by atoms with Crippen LogP contribution in [0.1, 0.15) is 40.2 Å².